The Morgan fingerprint density at radius 2 is 1.73 bits per heavy atom. The Labute approximate surface area is 160 Å². The van der Waals surface area contributed by atoms with E-state index in [0.29, 0.717) is 10.6 Å². The van der Waals surface area contributed by atoms with Crippen LogP contribution < -0.4 is 0 Å². The minimum Gasteiger partial charge on any atom is -0.479 e. The third-order valence-corrected chi connectivity index (χ3v) is 5.74. The molecule has 0 radical (unpaired) electrons. The molecule has 1 aliphatic rings. The first-order chi connectivity index (χ1) is 12.4. The molecule has 1 fully saturated rings. The summed E-state index contributed by atoms with van der Waals surface area (Å²) in [7, 11) is 0. The van der Waals surface area contributed by atoms with Gasteiger partial charge in [0, 0.05) is 40.7 Å². The number of carboxylic acid groups (broad SMARTS) is 1. The van der Waals surface area contributed by atoms with E-state index in [1.54, 1.807) is 17.0 Å². The van der Waals surface area contributed by atoms with Crippen molar-refractivity contribution in [3.63, 3.8) is 0 Å². The second-order valence-electron chi connectivity index (χ2n) is 6.18. The van der Waals surface area contributed by atoms with E-state index in [9.17, 15) is 14.7 Å². The van der Waals surface area contributed by atoms with Crippen molar-refractivity contribution in [2.45, 2.75) is 28.2 Å². The van der Waals surface area contributed by atoms with Crippen molar-refractivity contribution in [2.75, 3.05) is 13.1 Å². The summed E-state index contributed by atoms with van der Waals surface area (Å²) in [4.78, 5) is 27.5. The van der Waals surface area contributed by atoms with Crippen LogP contribution in [0.1, 0.15) is 23.2 Å². The van der Waals surface area contributed by atoms with Gasteiger partial charge in [0.1, 0.15) is 0 Å². The SMILES string of the molecule is O=C(c1cc(Cl)ccc1Sc1ccccc1)N1CCC(O)(C(=O)O)CC1. The molecule has 0 bridgehead atoms. The van der Waals surface area contributed by atoms with Gasteiger partial charge in [-0.15, -0.1) is 0 Å². The Kier molecular flexibility index (Phi) is 5.55. The number of carboxylic acids is 1. The van der Waals surface area contributed by atoms with E-state index in [2.05, 4.69) is 0 Å². The fourth-order valence-corrected chi connectivity index (χ4v) is 3.95. The summed E-state index contributed by atoms with van der Waals surface area (Å²) in [6.07, 6.45) is 0.0194. The van der Waals surface area contributed by atoms with Crippen molar-refractivity contribution < 1.29 is 19.8 Å². The van der Waals surface area contributed by atoms with Crippen LogP contribution in [0.25, 0.3) is 0 Å². The molecule has 5 nitrogen and oxygen atoms in total. The quantitative estimate of drug-likeness (QED) is 0.833. The summed E-state index contributed by atoms with van der Waals surface area (Å²) < 4.78 is 0. The smallest absolute Gasteiger partial charge is 0.335 e. The molecule has 2 aromatic rings. The molecular formula is C19H18ClNO4S. The number of carbonyl (C=O) groups is 2. The average molecular weight is 392 g/mol. The number of hydrogen-bond donors (Lipinski definition) is 2. The molecule has 0 saturated carbocycles. The van der Waals surface area contributed by atoms with Crippen LogP contribution in [-0.4, -0.2) is 45.7 Å². The van der Waals surface area contributed by atoms with E-state index in [0.717, 1.165) is 9.79 Å². The van der Waals surface area contributed by atoms with E-state index >= 15 is 0 Å². The highest BCUT2D eigenvalue weighted by molar-refractivity contribution is 7.99. The van der Waals surface area contributed by atoms with Crippen LogP contribution in [0.3, 0.4) is 0 Å². The Morgan fingerprint density at radius 3 is 2.35 bits per heavy atom. The Hall–Kier alpha value is -2.02. The predicted octanol–water partition coefficient (Wildman–Crippen LogP) is 3.54. The Morgan fingerprint density at radius 1 is 1.08 bits per heavy atom. The van der Waals surface area contributed by atoms with Crippen LogP contribution in [-0.2, 0) is 4.79 Å². The number of benzene rings is 2. The fourth-order valence-electron chi connectivity index (χ4n) is 2.84. The van der Waals surface area contributed by atoms with Gasteiger partial charge in [0.05, 0.1) is 5.56 Å². The lowest BCUT2D eigenvalue weighted by Gasteiger charge is -2.35. The Balaban J connectivity index is 1.81. The number of aliphatic carboxylic acids is 1. The summed E-state index contributed by atoms with van der Waals surface area (Å²) >= 11 is 7.56. The monoisotopic (exact) mass is 391 g/mol. The maximum absolute atomic E-state index is 13.0. The molecule has 0 unspecified atom stereocenters. The zero-order valence-electron chi connectivity index (χ0n) is 13.9. The first-order valence-electron chi connectivity index (χ1n) is 8.16. The molecule has 2 N–H and O–H groups in total. The summed E-state index contributed by atoms with van der Waals surface area (Å²) in [5, 5.41) is 19.6. The number of halogens is 1. The molecule has 1 aliphatic heterocycles. The highest BCUT2D eigenvalue weighted by atomic mass is 35.5. The summed E-state index contributed by atoms with van der Waals surface area (Å²) in [5.41, 5.74) is -1.28. The molecule has 0 aromatic heterocycles. The number of nitrogens with zero attached hydrogens (tertiary/aromatic N) is 1. The van der Waals surface area contributed by atoms with Crippen LogP contribution >= 0.6 is 23.4 Å². The summed E-state index contributed by atoms with van der Waals surface area (Å²) in [6.45, 7) is 0.368. The van der Waals surface area contributed by atoms with Gasteiger partial charge in [-0.2, -0.15) is 0 Å². The number of likely N-dealkylation sites (tertiary alicyclic amines) is 1. The van der Waals surface area contributed by atoms with Crippen LogP contribution in [0.2, 0.25) is 5.02 Å². The molecule has 7 heteroatoms. The number of amides is 1. The van der Waals surface area contributed by atoms with Gasteiger partial charge >= 0.3 is 5.97 Å². The largest absolute Gasteiger partial charge is 0.479 e. The topological polar surface area (TPSA) is 77.8 Å². The molecular weight excluding hydrogens is 374 g/mol. The van der Waals surface area contributed by atoms with Crippen molar-refractivity contribution in [3.8, 4) is 0 Å². The highest BCUT2D eigenvalue weighted by Gasteiger charge is 2.40. The van der Waals surface area contributed by atoms with Crippen LogP contribution in [0.15, 0.2) is 58.3 Å². The lowest BCUT2D eigenvalue weighted by atomic mass is 9.91. The van der Waals surface area contributed by atoms with Crippen LogP contribution in [0.5, 0.6) is 0 Å². The minimum atomic E-state index is -1.76. The average Bonchev–Trinajstić information content (AvgIpc) is 2.64. The Bertz CT molecular complexity index is 820. The molecule has 1 heterocycles. The second kappa shape index (κ2) is 7.70. The van der Waals surface area contributed by atoms with Gasteiger partial charge in [-0.1, -0.05) is 41.6 Å². The fraction of sp³-hybridized carbons (Fsp3) is 0.263. The van der Waals surface area contributed by atoms with Gasteiger partial charge in [0.15, 0.2) is 5.60 Å². The third-order valence-electron chi connectivity index (χ3n) is 4.42. The lowest BCUT2D eigenvalue weighted by Crippen LogP contribution is -2.50. The molecule has 1 saturated heterocycles. The normalized spacial score (nSPS) is 16.3. The van der Waals surface area contributed by atoms with Crippen molar-refractivity contribution in [2.24, 2.45) is 0 Å². The van der Waals surface area contributed by atoms with E-state index in [4.69, 9.17) is 16.7 Å². The van der Waals surface area contributed by atoms with Crippen LogP contribution in [0, 0.1) is 0 Å². The molecule has 136 valence electrons. The molecule has 3 rings (SSSR count). The van der Waals surface area contributed by atoms with Gasteiger partial charge in [-0.25, -0.2) is 4.79 Å². The van der Waals surface area contributed by atoms with Crippen LogP contribution in [0.4, 0.5) is 0 Å². The predicted molar refractivity (Wildman–Crippen MR) is 99.7 cm³/mol. The lowest BCUT2D eigenvalue weighted by molar-refractivity contribution is -0.162. The second-order valence-corrected chi connectivity index (χ2v) is 7.74. The molecule has 0 aliphatic carbocycles. The van der Waals surface area contributed by atoms with Crippen molar-refractivity contribution in [3.05, 3.63) is 59.1 Å². The van der Waals surface area contributed by atoms with E-state index in [1.807, 2.05) is 36.4 Å². The van der Waals surface area contributed by atoms with Gasteiger partial charge in [0.2, 0.25) is 0 Å². The first kappa shape index (κ1) is 18.8. The minimum absolute atomic E-state index is 0.00972. The van der Waals surface area contributed by atoms with E-state index in [-0.39, 0.29) is 31.8 Å². The molecule has 0 atom stereocenters. The van der Waals surface area contributed by atoms with Gasteiger partial charge in [0.25, 0.3) is 5.91 Å². The van der Waals surface area contributed by atoms with Crippen molar-refractivity contribution >= 4 is 35.2 Å². The number of aliphatic hydroxyl groups is 1. The van der Waals surface area contributed by atoms with Gasteiger partial charge in [-0.05, 0) is 30.3 Å². The number of carbonyl (C=O) groups excluding carboxylic acids is 1. The number of rotatable bonds is 4. The van der Waals surface area contributed by atoms with E-state index < -0.39 is 11.6 Å². The first-order valence-corrected chi connectivity index (χ1v) is 9.36. The standard InChI is InChI=1S/C19H18ClNO4S/c20-13-6-7-16(26-14-4-2-1-3-5-14)15(12-13)17(22)21-10-8-19(25,9-11-21)18(23)24/h1-7,12,25H,8-11H2,(H,23,24). The number of piperidine rings is 1. The molecule has 26 heavy (non-hydrogen) atoms. The zero-order chi connectivity index (χ0) is 18.7. The van der Waals surface area contributed by atoms with Gasteiger partial charge < -0.3 is 15.1 Å². The summed E-state index contributed by atoms with van der Waals surface area (Å²) in [5.74, 6) is -1.45. The summed E-state index contributed by atoms with van der Waals surface area (Å²) in [6, 6.07) is 14.9. The maximum atomic E-state index is 13.0. The van der Waals surface area contributed by atoms with E-state index in [1.165, 1.54) is 11.8 Å². The third kappa shape index (κ3) is 4.03. The van der Waals surface area contributed by atoms with Gasteiger partial charge in [-0.3, -0.25) is 4.79 Å². The zero-order valence-corrected chi connectivity index (χ0v) is 15.5. The number of hydrogen-bond acceptors (Lipinski definition) is 4. The maximum Gasteiger partial charge on any atom is 0.335 e. The van der Waals surface area contributed by atoms with Crippen molar-refractivity contribution in [1.29, 1.82) is 0 Å². The van der Waals surface area contributed by atoms with Crippen molar-refractivity contribution in [1.82, 2.24) is 4.90 Å². The molecule has 1 amide bonds. The highest BCUT2D eigenvalue weighted by Crippen LogP contribution is 2.33. The molecule has 2 aromatic carbocycles. The molecule has 0 spiro atoms.